The van der Waals surface area contributed by atoms with Crippen LogP contribution in [0.25, 0.3) is 0 Å². The molecule has 0 N–H and O–H groups in total. The molecular formula is C25H28O2Si. The van der Waals surface area contributed by atoms with E-state index in [4.69, 9.17) is 4.43 Å². The van der Waals surface area contributed by atoms with Crippen molar-refractivity contribution in [3.05, 3.63) is 85.0 Å². The lowest BCUT2D eigenvalue weighted by molar-refractivity contribution is -0.114. The minimum Gasteiger partial charge on any atom is -0.399 e. The second kappa shape index (κ2) is 7.65. The Kier molecular flexibility index (Phi) is 5.22. The minimum absolute atomic E-state index is 0.258. The average molecular weight is 389 g/mol. The first-order valence-electron chi connectivity index (χ1n) is 10.2. The van der Waals surface area contributed by atoms with E-state index in [0.717, 1.165) is 25.7 Å². The van der Waals surface area contributed by atoms with Gasteiger partial charge in [0.25, 0.3) is 8.32 Å². The van der Waals surface area contributed by atoms with Gasteiger partial charge in [-0.3, -0.25) is 4.79 Å². The van der Waals surface area contributed by atoms with Crippen LogP contribution in [0.4, 0.5) is 0 Å². The molecule has 2 aliphatic carbocycles. The zero-order valence-corrected chi connectivity index (χ0v) is 17.6. The maximum Gasteiger partial charge on any atom is 0.253 e. The molecule has 0 radical (unpaired) electrons. The van der Waals surface area contributed by atoms with Gasteiger partial charge >= 0.3 is 0 Å². The Morgan fingerprint density at radius 2 is 1.71 bits per heavy atom. The van der Waals surface area contributed by atoms with Crippen molar-refractivity contribution in [2.75, 3.05) is 0 Å². The second-order valence-electron chi connectivity index (χ2n) is 8.19. The van der Waals surface area contributed by atoms with E-state index in [-0.39, 0.29) is 11.4 Å². The molecule has 4 rings (SSSR count). The van der Waals surface area contributed by atoms with Gasteiger partial charge in [0.2, 0.25) is 0 Å². The van der Waals surface area contributed by atoms with Crippen LogP contribution in [-0.2, 0) is 9.22 Å². The van der Waals surface area contributed by atoms with Crippen molar-refractivity contribution < 1.29 is 9.22 Å². The van der Waals surface area contributed by atoms with Gasteiger partial charge in [-0.1, -0.05) is 66.7 Å². The summed E-state index contributed by atoms with van der Waals surface area (Å²) in [7, 11) is -2.46. The monoisotopic (exact) mass is 388 g/mol. The predicted molar refractivity (Wildman–Crippen MR) is 117 cm³/mol. The topological polar surface area (TPSA) is 26.3 Å². The Bertz CT molecular complexity index is 848. The van der Waals surface area contributed by atoms with Gasteiger partial charge in [0.1, 0.15) is 0 Å². The summed E-state index contributed by atoms with van der Waals surface area (Å²) in [6.45, 7) is 6.24. The molecule has 1 fully saturated rings. The molecule has 2 aromatic rings. The van der Waals surface area contributed by atoms with Gasteiger partial charge in [-0.2, -0.15) is 0 Å². The first-order valence-corrected chi connectivity index (χ1v) is 12.7. The third kappa shape index (κ3) is 3.34. The summed E-state index contributed by atoms with van der Waals surface area (Å²) in [6.07, 6.45) is 8.35. The van der Waals surface area contributed by atoms with E-state index in [1.807, 2.05) is 12.2 Å². The summed E-state index contributed by atoms with van der Waals surface area (Å²) in [4.78, 5) is 12.2. The molecule has 0 bridgehead atoms. The molecule has 0 saturated heterocycles. The van der Waals surface area contributed by atoms with Crippen LogP contribution in [0.5, 0.6) is 0 Å². The number of fused-ring (bicyclic) bond motifs is 1. The van der Waals surface area contributed by atoms with E-state index in [1.165, 1.54) is 15.9 Å². The largest absolute Gasteiger partial charge is 0.399 e. The summed E-state index contributed by atoms with van der Waals surface area (Å²) in [6, 6.07) is 21.3. The Hall–Kier alpha value is -2.23. The van der Waals surface area contributed by atoms with Crippen LogP contribution < -0.4 is 10.4 Å². The van der Waals surface area contributed by atoms with Crippen molar-refractivity contribution in [3.63, 3.8) is 0 Å². The lowest BCUT2D eigenvalue weighted by Crippen LogP contribution is -2.62. The maximum atomic E-state index is 12.2. The highest BCUT2D eigenvalue weighted by atomic mass is 28.4. The van der Waals surface area contributed by atoms with E-state index in [1.54, 1.807) is 0 Å². The van der Waals surface area contributed by atoms with Crippen molar-refractivity contribution in [1.29, 1.82) is 0 Å². The molecule has 0 amide bonds. The van der Waals surface area contributed by atoms with Gasteiger partial charge in [0, 0.05) is 6.42 Å². The van der Waals surface area contributed by atoms with Gasteiger partial charge in [-0.05, 0) is 60.2 Å². The number of hydrogen-bond donors (Lipinski definition) is 0. The van der Waals surface area contributed by atoms with E-state index < -0.39 is 8.32 Å². The Morgan fingerprint density at radius 1 is 1.11 bits per heavy atom. The van der Waals surface area contributed by atoms with Crippen LogP contribution >= 0.6 is 0 Å². The normalized spacial score (nSPS) is 24.1. The van der Waals surface area contributed by atoms with Gasteiger partial charge in [0.15, 0.2) is 5.78 Å². The number of ketones is 1. The molecule has 0 spiro atoms. The predicted octanol–water partition coefficient (Wildman–Crippen LogP) is 4.41. The lowest BCUT2D eigenvalue weighted by atomic mass is 9.90. The van der Waals surface area contributed by atoms with E-state index in [2.05, 4.69) is 73.8 Å². The number of hydrogen-bond acceptors (Lipinski definition) is 2. The number of rotatable bonds is 7. The average Bonchev–Trinajstić information content (AvgIpc) is 3.26. The van der Waals surface area contributed by atoms with Gasteiger partial charge < -0.3 is 4.43 Å². The van der Waals surface area contributed by atoms with E-state index >= 15 is 0 Å². The number of allylic oxidation sites excluding steroid dienone is 2. The first-order chi connectivity index (χ1) is 13.6. The molecular weight excluding hydrogens is 360 g/mol. The molecule has 3 heteroatoms. The van der Waals surface area contributed by atoms with Crippen molar-refractivity contribution in [2.45, 2.75) is 44.3 Å². The Morgan fingerprint density at radius 3 is 2.29 bits per heavy atom. The number of carbonyl (C=O) groups is 1. The fraction of sp³-hybridized carbons (Fsp3) is 0.320. The van der Waals surface area contributed by atoms with Crippen LogP contribution in [0.15, 0.2) is 85.0 Å². The summed E-state index contributed by atoms with van der Waals surface area (Å²) >= 11 is 0. The zero-order chi connectivity index (χ0) is 19.6. The Balaban J connectivity index is 1.81. The molecule has 2 nitrogen and oxygen atoms in total. The molecule has 0 aliphatic heterocycles. The minimum atomic E-state index is -2.46. The quantitative estimate of drug-likeness (QED) is 0.519. The third-order valence-electron chi connectivity index (χ3n) is 6.43. The molecule has 0 unspecified atom stereocenters. The summed E-state index contributed by atoms with van der Waals surface area (Å²) in [5.74, 6) is 0.621. The first kappa shape index (κ1) is 19.1. The van der Waals surface area contributed by atoms with Crippen LogP contribution in [0.2, 0.25) is 6.55 Å². The summed E-state index contributed by atoms with van der Waals surface area (Å²) < 4.78 is 7.29. The van der Waals surface area contributed by atoms with Crippen LogP contribution in [0.3, 0.4) is 0 Å². The number of carbonyl (C=O) groups excluding carboxylic acids is 1. The fourth-order valence-corrected chi connectivity index (χ4v) is 8.30. The van der Waals surface area contributed by atoms with Crippen molar-refractivity contribution in [3.8, 4) is 0 Å². The van der Waals surface area contributed by atoms with E-state index in [0.29, 0.717) is 12.3 Å². The van der Waals surface area contributed by atoms with Crippen LogP contribution in [-0.4, -0.2) is 19.7 Å². The molecule has 2 aliphatic rings. The smallest absolute Gasteiger partial charge is 0.253 e. The van der Waals surface area contributed by atoms with Crippen molar-refractivity contribution >= 4 is 24.5 Å². The second-order valence-corrected chi connectivity index (χ2v) is 11.6. The van der Waals surface area contributed by atoms with Crippen molar-refractivity contribution in [1.82, 2.24) is 0 Å². The fourth-order valence-electron chi connectivity index (χ4n) is 4.97. The highest BCUT2D eigenvalue weighted by molar-refractivity contribution is 6.96. The molecule has 0 aromatic heterocycles. The zero-order valence-electron chi connectivity index (χ0n) is 16.6. The molecule has 1 saturated carbocycles. The molecule has 144 valence electrons. The standard InChI is InChI=1S/C25H28O2Si/c1-3-4-16-25(17-15-20-18-21(26)19-24(20)25)27-28(2,22-11-7-5-8-12-22)23-13-9-6-10-14-23/h3,5-14,19-20H,1,4,15-18H2,2H3/t20-,25-/m0/s1. The maximum absolute atomic E-state index is 12.2. The van der Waals surface area contributed by atoms with Gasteiger partial charge in [-0.25, -0.2) is 0 Å². The molecule has 2 atom stereocenters. The highest BCUT2D eigenvalue weighted by Crippen LogP contribution is 2.50. The Labute approximate surface area is 169 Å². The molecule has 2 aromatic carbocycles. The van der Waals surface area contributed by atoms with Crippen LogP contribution in [0, 0.1) is 5.92 Å². The van der Waals surface area contributed by atoms with Crippen molar-refractivity contribution in [2.24, 2.45) is 5.92 Å². The number of benzene rings is 2. The van der Waals surface area contributed by atoms with E-state index in [9.17, 15) is 4.79 Å². The summed E-state index contributed by atoms with van der Waals surface area (Å²) in [5, 5.41) is 2.54. The third-order valence-corrected chi connectivity index (χ3v) is 10.1. The molecule has 28 heavy (non-hydrogen) atoms. The molecule has 0 heterocycles. The van der Waals surface area contributed by atoms with Crippen LogP contribution in [0.1, 0.15) is 32.1 Å². The lowest BCUT2D eigenvalue weighted by Gasteiger charge is -2.41. The SMILES string of the molecule is C=CCC[C@]1(O[Si](C)(c2ccccc2)c2ccccc2)CC[C@H]2CC(=O)C=C21. The highest BCUT2D eigenvalue weighted by Gasteiger charge is 2.51. The summed E-state index contributed by atoms with van der Waals surface area (Å²) in [5.41, 5.74) is 0.891. The van der Waals surface area contributed by atoms with Gasteiger partial charge in [0.05, 0.1) is 5.60 Å². The van der Waals surface area contributed by atoms with Gasteiger partial charge in [-0.15, -0.1) is 6.58 Å².